The number of phenols is 2. The quantitative estimate of drug-likeness (QED) is 0.381. The zero-order valence-electron chi connectivity index (χ0n) is 19.8. The number of ether oxygens (including phenoxy) is 4. The van der Waals surface area contributed by atoms with Crippen LogP contribution in [0.4, 0.5) is 0 Å². The van der Waals surface area contributed by atoms with Crippen molar-refractivity contribution in [2.75, 3.05) is 21.3 Å². The molecule has 0 fully saturated rings. The van der Waals surface area contributed by atoms with Crippen molar-refractivity contribution in [3.8, 4) is 40.2 Å². The van der Waals surface area contributed by atoms with Gasteiger partial charge >= 0.3 is 0 Å². The lowest BCUT2D eigenvalue weighted by Crippen LogP contribution is -2.00. The Morgan fingerprint density at radius 1 is 0.727 bits per heavy atom. The summed E-state index contributed by atoms with van der Waals surface area (Å²) >= 11 is 0. The van der Waals surface area contributed by atoms with Gasteiger partial charge in [0, 0.05) is 0 Å². The molecule has 1 unspecified atom stereocenters. The number of methoxy groups -OCH3 is 3. The van der Waals surface area contributed by atoms with Crippen molar-refractivity contribution < 1.29 is 29.2 Å². The van der Waals surface area contributed by atoms with Crippen LogP contribution in [0.1, 0.15) is 42.9 Å². The molecule has 0 aliphatic carbocycles. The van der Waals surface area contributed by atoms with Crippen LogP contribution in [0.2, 0.25) is 0 Å². The molecular weight excluding hydrogens is 420 g/mol. The summed E-state index contributed by atoms with van der Waals surface area (Å²) < 4.78 is 22.2. The van der Waals surface area contributed by atoms with E-state index >= 15 is 0 Å². The van der Waals surface area contributed by atoms with Crippen LogP contribution >= 0.6 is 0 Å². The van der Waals surface area contributed by atoms with Gasteiger partial charge in [-0.05, 0) is 71.8 Å². The topological polar surface area (TPSA) is 77.4 Å². The van der Waals surface area contributed by atoms with Crippen molar-refractivity contribution in [3.05, 3.63) is 65.2 Å². The number of benzene rings is 3. The molecule has 176 valence electrons. The van der Waals surface area contributed by atoms with Crippen molar-refractivity contribution in [1.29, 1.82) is 0 Å². The Balaban J connectivity index is 1.84. The minimum atomic E-state index is -0.0432. The van der Waals surface area contributed by atoms with Crippen molar-refractivity contribution in [2.24, 2.45) is 0 Å². The first-order valence-electron chi connectivity index (χ1n) is 11.0. The van der Waals surface area contributed by atoms with E-state index in [1.807, 2.05) is 42.5 Å². The highest BCUT2D eigenvalue weighted by Crippen LogP contribution is 2.42. The van der Waals surface area contributed by atoms with Gasteiger partial charge in [0.1, 0.15) is 0 Å². The van der Waals surface area contributed by atoms with Crippen LogP contribution in [0.3, 0.4) is 0 Å². The van der Waals surface area contributed by atoms with E-state index in [2.05, 4.69) is 13.8 Å². The number of aryl methyl sites for hydroxylation is 1. The van der Waals surface area contributed by atoms with Gasteiger partial charge in [-0.1, -0.05) is 32.4 Å². The fourth-order valence-electron chi connectivity index (χ4n) is 3.82. The summed E-state index contributed by atoms with van der Waals surface area (Å²) in [5, 5.41) is 20.4. The van der Waals surface area contributed by atoms with Crippen LogP contribution in [0.15, 0.2) is 48.5 Å². The molecular formula is C27H32O6. The molecule has 0 bridgehead atoms. The van der Waals surface area contributed by atoms with Gasteiger partial charge in [0.05, 0.1) is 21.3 Å². The number of hydrogen-bond acceptors (Lipinski definition) is 6. The Labute approximate surface area is 195 Å². The summed E-state index contributed by atoms with van der Waals surface area (Å²) in [4.78, 5) is 0. The Hall–Kier alpha value is -3.54. The normalized spacial score (nSPS) is 11.7. The summed E-state index contributed by atoms with van der Waals surface area (Å²) in [6, 6.07) is 14.8. The Bertz CT molecular complexity index is 1090. The first-order valence-corrected chi connectivity index (χ1v) is 11.0. The average molecular weight is 453 g/mol. The molecule has 0 heterocycles. The van der Waals surface area contributed by atoms with E-state index in [-0.39, 0.29) is 17.4 Å². The van der Waals surface area contributed by atoms with Crippen molar-refractivity contribution in [3.63, 3.8) is 0 Å². The number of rotatable bonds is 10. The molecule has 3 aromatic rings. The summed E-state index contributed by atoms with van der Waals surface area (Å²) in [7, 11) is 4.65. The van der Waals surface area contributed by atoms with E-state index in [9.17, 15) is 10.2 Å². The summed E-state index contributed by atoms with van der Waals surface area (Å²) in [5.74, 6) is 2.51. The smallest absolute Gasteiger partial charge is 0.201 e. The van der Waals surface area contributed by atoms with Crippen LogP contribution in [-0.4, -0.2) is 31.5 Å². The fourth-order valence-corrected chi connectivity index (χ4v) is 3.82. The van der Waals surface area contributed by atoms with Crippen LogP contribution in [0, 0.1) is 0 Å². The van der Waals surface area contributed by atoms with Gasteiger partial charge in [0.25, 0.3) is 0 Å². The zero-order valence-corrected chi connectivity index (χ0v) is 19.8. The largest absolute Gasteiger partial charge is 0.504 e. The molecule has 0 spiro atoms. The second-order valence-electron chi connectivity index (χ2n) is 8.02. The van der Waals surface area contributed by atoms with Crippen molar-refractivity contribution in [2.45, 2.75) is 39.0 Å². The molecule has 0 saturated heterocycles. The van der Waals surface area contributed by atoms with Gasteiger partial charge in [-0.2, -0.15) is 0 Å². The first kappa shape index (κ1) is 24.1. The molecule has 33 heavy (non-hydrogen) atoms. The van der Waals surface area contributed by atoms with Crippen LogP contribution in [-0.2, 0) is 12.8 Å². The second-order valence-corrected chi connectivity index (χ2v) is 8.02. The summed E-state index contributed by atoms with van der Waals surface area (Å²) in [5.41, 5.74) is 3.16. The van der Waals surface area contributed by atoms with Gasteiger partial charge in [-0.25, -0.2) is 0 Å². The van der Waals surface area contributed by atoms with E-state index in [1.165, 1.54) is 7.11 Å². The van der Waals surface area contributed by atoms with Gasteiger partial charge in [0.15, 0.2) is 34.5 Å². The molecule has 0 saturated carbocycles. The maximum absolute atomic E-state index is 10.5. The van der Waals surface area contributed by atoms with E-state index in [1.54, 1.807) is 20.3 Å². The third-order valence-electron chi connectivity index (χ3n) is 5.62. The Morgan fingerprint density at radius 3 is 2.06 bits per heavy atom. The zero-order chi connectivity index (χ0) is 24.0. The van der Waals surface area contributed by atoms with E-state index < -0.39 is 0 Å². The lowest BCUT2D eigenvalue weighted by molar-refractivity contribution is 0.343. The average Bonchev–Trinajstić information content (AvgIpc) is 2.82. The maximum atomic E-state index is 10.5. The minimum Gasteiger partial charge on any atom is -0.504 e. The molecule has 0 aromatic heterocycles. The lowest BCUT2D eigenvalue weighted by atomic mass is 9.93. The van der Waals surface area contributed by atoms with Crippen LogP contribution in [0.25, 0.3) is 0 Å². The molecule has 2 N–H and O–H groups in total. The highest BCUT2D eigenvalue weighted by Gasteiger charge is 2.16. The number of aromatic hydroxyl groups is 2. The van der Waals surface area contributed by atoms with Gasteiger partial charge < -0.3 is 29.2 Å². The van der Waals surface area contributed by atoms with Gasteiger partial charge in [-0.15, -0.1) is 0 Å². The SMILES string of the molecule is CCCc1cc(OC)c(O)c(Oc2ccc(CC(C)c3ccc(O)c(OC)c3)cc2OC)c1. The Kier molecular flexibility index (Phi) is 7.93. The summed E-state index contributed by atoms with van der Waals surface area (Å²) in [6.45, 7) is 4.21. The Morgan fingerprint density at radius 2 is 1.39 bits per heavy atom. The van der Waals surface area contributed by atoms with Crippen molar-refractivity contribution >= 4 is 0 Å². The van der Waals surface area contributed by atoms with Crippen molar-refractivity contribution in [1.82, 2.24) is 0 Å². The third-order valence-corrected chi connectivity index (χ3v) is 5.62. The predicted octanol–water partition coefficient (Wildman–Crippen LogP) is 6.21. The summed E-state index contributed by atoms with van der Waals surface area (Å²) in [6.07, 6.45) is 2.58. The van der Waals surface area contributed by atoms with Crippen LogP contribution in [0.5, 0.6) is 40.2 Å². The highest BCUT2D eigenvalue weighted by molar-refractivity contribution is 5.56. The highest BCUT2D eigenvalue weighted by atomic mass is 16.5. The molecule has 6 nitrogen and oxygen atoms in total. The van der Waals surface area contributed by atoms with Gasteiger partial charge in [0.2, 0.25) is 5.75 Å². The third kappa shape index (κ3) is 5.64. The number of hydrogen-bond donors (Lipinski definition) is 2. The van der Waals surface area contributed by atoms with E-state index in [0.717, 1.165) is 36.0 Å². The minimum absolute atomic E-state index is 0.0432. The molecule has 1 atom stereocenters. The maximum Gasteiger partial charge on any atom is 0.201 e. The molecule has 3 aromatic carbocycles. The lowest BCUT2D eigenvalue weighted by Gasteiger charge is -2.17. The van der Waals surface area contributed by atoms with Gasteiger partial charge in [-0.3, -0.25) is 0 Å². The molecule has 0 aliphatic heterocycles. The second kappa shape index (κ2) is 10.9. The molecule has 0 radical (unpaired) electrons. The molecule has 0 amide bonds. The fraction of sp³-hybridized carbons (Fsp3) is 0.333. The first-order chi connectivity index (χ1) is 15.9. The van der Waals surface area contributed by atoms with E-state index in [0.29, 0.717) is 28.7 Å². The molecule has 3 rings (SSSR count). The monoisotopic (exact) mass is 452 g/mol. The predicted molar refractivity (Wildman–Crippen MR) is 128 cm³/mol. The number of phenolic OH excluding ortho intramolecular Hbond substituents is 2. The van der Waals surface area contributed by atoms with E-state index in [4.69, 9.17) is 18.9 Å². The van der Waals surface area contributed by atoms with Crippen LogP contribution < -0.4 is 18.9 Å². The molecule has 6 heteroatoms. The standard InChI is InChI=1S/C27H32O6/c1-6-7-18-14-25(32-5)27(29)26(15-18)33-22-11-8-19(13-24(22)31-4)12-17(2)20-9-10-21(28)23(16-20)30-3/h8-11,13-17,28-29H,6-7,12H2,1-5H3. The molecule has 0 aliphatic rings.